The Morgan fingerprint density at radius 1 is 0.895 bits per heavy atom. The van der Waals surface area contributed by atoms with Gasteiger partial charge in [0, 0.05) is 12.0 Å². The highest BCUT2D eigenvalue weighted by Gasteiger charge is 2.35. The van der Waals surface area contributed by atoms with E-state index in [1.54, 1.807) is 6.92 Å². The zero-order valence-corrected chi connectivity index (χ0v) is 22.2. The van der Waals surface area contributed by atoms with Gasteiger partial charge in [0.2, 0.25) is 5.91 Å². The summed E-state index contributed by atoms with van der Waals surface area (Å²) in [5.41, 5.74) is 3.31. The van der Waals surface area contributed by atoms with Crippen molar-refractivity contribution in [2.24, 2.45) is 0 Å². The van der Waals surface area contributed by atoms with Crippen molar-refractivity contribution in [3.8, 4) is 0 Å². The van der Waals surface area contributed by atoms with Crippen molar-refractivity contribution in [2.45, 2.75) is 50.0 Å². The van der Waals surface area contributed by atoms with Crippen LogP contribution in [0.4, 0.5) is 4.79 Å². The first kappa shape index (κ1) is 27.4. The molecule has 0 spiro atoms. The Bertz CT molecular complexity index is 1110. The van der Waals surface area contributed by atoms with Crippen LogP contribution in [0, 0.1) is 0 Å². The van der Waals surface area contributed by atoms with Crippen LogP contribution in [0.15, 0.2) is 91.0 Å². The first-order chi connectivity index (χ1) is 18.5. The van der Waals surface area contributed by atoms with E-state index in [4.69, 9.17) is 5.11 Å². The van der Waals surface area contributed by atoms with Gasteiger partial charge >= 0.3 is 6.09 Å². The predicted molar refractivity (Wildman–Crippen MR) is 151 cm³/mol. The number of piperidine rings is 1. The summed E-state index contributed by atoms with van der Waals surface area (Å²) in [6.45, 7) is 5.15. The molecular formula is C32H39N3O3. The summed E-state index contributed by atoms with van der Waals surface area (Å²) in [6, 6.07) is 30.7. The van der Waals surface area contributed by atoms with Gasteiger partial charge in [-0.25, -0.2) is 4.79 Å². The molecule has 4 rings (SSSR count). The number of benzene rings is 3. The Morgan fingerprint density at radius 2 is 1.42 bits per heavy atom. The molecule has 6 heteroatoms. The first-order valence-corrected chi connectivity index (χ1v) is 13.6. The fraction of sp³-hybridized carbons (Fsp3) is 0.375. The quantitative estimate of drug-likeness (QED) is 0.320. The number of rotatable bonds is 11. The summed E-state index contributed by atoms with van der Waals surface area (Å²) in [5.74, 6) is 0.309. The summed E-state index contributed by atoms with van der Waals surface area (Å²) in [7, 11) is 0. The Labute approximate surface area is 226 Å². The molecule has 1 atom stereocenters. The molecule has 1 saturated heterocycles. The van der Waals surface area contributed by atoms with Crippen molar-refractivity contribution in [1.82, 2.24) is 15.5 Å². The highest BCUT2D eigenvalue weighted by Crippen LogP contribution is 2.37. The molecule has 2 amide bonds. The molecule has 1 aliphatic rings. The van der Waals surface area contributed by atoms with E-state index < -0.39 is 17.6 Å². The Morgan fingerprint density at radius 3 is 1.95 bits per heavy atom. The average molecular weight is 514 g/mol. The molecular weight excluding hydrogens is 474 g/mol. The number of nitrogens with one attached hydrogen (secondary N) is 2. The third-order valence-electron chi connectivity index (χ3n) is 7.89. The van der Waals surface area contributed by atoms with Crippen molar-refractivity contribution in [2.75, 3.05) is 26.2 Å². The molecule has 1 heterocycles. The van der Waals surface area contributed by atoms with Gasteiger partial charge in [0.25, 0.3) is 0 Å². The average Bonchev–Trinajstić information content (AvgIpc) is 2.96. The number of carbonyl (C=O) groups is 2. The second-order valence-electron chi connectivity index (χ2n) is 10.3. The van der Waals surface area contributed by atoms with Gasteiger partial charge in [-0.1, -0.05) is 91.0 Å². The van der Waals surface area contributed by atoms with E-state index in [2.05, 4.69) is 70.1 Å². The van der Waals surface area contributed by atoms with Crippen LogP contribution in [-0.4, -0.2) is 54.2 Å². The fourth-order valence-corrected chi connectivity index (χ4v) is 5.72. The van der Waals surface area contributed by atoms with Crippen LogP contribution in [0.5, 0.6) is 0 Å². The molecule has 3 N–H and O–H groups in total. The minimum absolute atomic E-state index is 0.327. The molecule has 0 saturated carbocycles. The Balaban J connectivity index is 1.47. The number of nitrogens with zero attached hydrogens (tertiary/aromatic N) is 1. The summed E-state index contributed by atoms with van der Waals surface area (Å²) in [5, 5.41) is 14.4. The van der Waals surface area contributed by atoms with E-state index in [0.717, 1.165) is 43.6 Å². The second kappa shape index (κ2) is 13.2. The minimum Gasteiger partial charge on any atom is -0.465 e. The van der Waals surface area contributed by atoms with Gasteiger partial charge in [-0.3, -0.25) is 4.79 Å². The second-order valence-corrected chi connectivity index (χ2v) is 10.3. The number of hydrogen-bond acceptors (Lipinski definition) is 3. The Hall–Kier alpha value is -3.64. The van der Waals surface area contributed by atoms with E-state index >= 15 is 0 Å². The zero-order chi connectivity index (χ0) is 26.8. The lowest BCUT2D eigenvalue weighted by molar-refractivity contribution is -0.122. The molecule has 3 aromatic rings. The third kappa shape index (κ3) is 7.01. The number of carbonyl (C=O) groups excluding carboxylic acids is 1. The molecule has 6 nitrogen and oxygen atoms in total. The van der Waals surface area contributed by atoms with E-state index in [9.17, 15) is 9.59 Å². The monoisotopic (exact) mass is 513 g/mol. The van der Waals surface area contributed by atoms with Crippen LogP contribution < -0.4 is 10.6 Å². The maximum atomic E-state index is 12.8. The van der Waals surface area contributed by atoms with Crippen molar-refractivity contribution in [3.05, 3.63) is 108 Å². The van der Waals surface area contributed by atoms with Crippen LogP contribution in [0.2, 0.25) is 0 Å². The van der Waals surface area contributed by atoms with Gasteiger partial charge < -0.3 is 20.6 Å². The molecule has 38 heavy (non-hydrogen) atoms. The maximum Gasteiger partial charge on any atom is 0.405 e. The molecule has 0 aliphatic carbocycles. The smallest absolute Gasteiger partial charge is 0.405 e. The molecule has 0 unspecified atom stereocenters. The number of hydrogen-bond donors (Lipinski definition) is 3. The summed E-state index contributed by atoms with van der Waals surface area (Å²) in [6.07, 6.45) is 2.99. The lowest BCUT2D eigenvalue weighted by atomic mass is 9.71. The van der Waals surface area contributed by atoms with E-state index in [1.165, 1.54) is 18.4 Å². The van der Waals surface area contributed by atoms with Gasteiger partial charge in [0.15, 0.2) is 0 Å². The van der Waals surface area contributed by atoms with Crippen molar-refractivity contribution < 1.29 is 14.7 Å². The van der Waals surface area contributed by atoms with Gasteiger partial charge in [-0.15, -0.1) is 0 Å². The molecule has 3 aromatic carbocycles. The van der Waals surface area contributed by atoms with E-state index in [1.807, 2.05) is 36.4 Å². The van der Waals surface area contributed by atoms with Crippen LogP contribution in [-0.2, 0) is 10.2 Å². The van der Waals surface area contributed by atoms with E-state index in [0.29, 0.717) is 12.5 Å². The lowest BCUT2D eigenvalue weighted by Gasteiger charge is -2.37. The maximum absolute atomic E-state index is 12.8. The molecule has 1 aliphatic heterocycles. The normalized spacial score (nSPS) is 15.5. The number of carboxylic acid groups (broad SMARTS) is 1. The largest absolute Gasteiger partial charge is 0.465 e. The fourth-order valence-electron chi connectivity index (χ4n) is 5.72. The summed E-state index contributed by atoms with van der Waals surface area (Å²) in [4.78, 5) is 26.4. The zero-order valence-electron chi connectivity index (χ0n) is 22.2. The van der Waals surface area contributed by atoms with Gasteiger partial charge in [0.05, 0.1) is 0 Å². The van der Waals surface area contributed by atoms with Gasteiger partial charge in [0.1, 0.15) is 6.04 Å². The predicted octanol–water partition coefficient (Wildman–Crippen LogP) is 5.40. The molecule has 1 fully saturated rings. The van der Waals surface area contributed by atoms with Gasteiger partial charge in [-0.2, -0.15) is 0 Å². The van der Waals surface area contributed by atoms with E-state index in [-0.39, 0.29) is 5.91 Å². The molecule has 0 radical (unpaired) electrons. The van der Waals surface area contributed by atoms with Crippen molar-refractivity contribution in [3.63, 3.8) is 0 Å². The summed E-state index contributed by atoms with van der Waals surface area (Å²) >= 11 is 0. The molecule has 200 valence electrons. The number of amides is 2. The first-order valence-electron chi connectivity index (χ1n) is 13.6. The highest BCUT2D eigenvalue weighted by molar-refractivity contribution is 5.84. The molecule has 0 bridgehead atoms. The van der Waals surface area contributed by atoms with Crippen LogP contribution in [0.3, 0.4) is 0 Å². The SMILES string of the molecule is C[C@@H](NC(=O)O)C(=O)NCC(CCCN1CCC(c2ccccc2)CC1)(c1ccccc1)c1ccccc1. The van der Waals surface area contributed by atoms with Crippen LogP contribution >= 0.6 is 0 Å². The topological polar surface area (TPSA) is 81.7 Å². The standard InChI is InChI=1S/C32H39N3O3/c1-25(34-31(37)38)30(36)33-24-32(28-14-7-3-8-15-28,29-16-9-4-10-17-29)20-11-21-35-22-18-27(19-23-35)26-12-5-2-6-13-26/h2-10,12-17,25,27,34H,11,18-24H2,1H3,(H,33,36)(H,37,38)/t25-/m1/s1. The molecule has 0 aromatic heterocycles. The highest BCUT2D eigenvalue weighted by atomic mass is 16.4. The number of likely N-dealkylation sites (tertiary alicyclic amines) is 1. The van der Waals surface area contributed by atoms with Crippen molar-refractivity contribution in [1.29, 1.82) is 0 Å². The van der Waals surface area contributed by atoms with Gasteiger partial charge in [-0.05, 0) is 74.8 Å². The van der Waals surface area contributed by atoms with Crippen LogP contribution in [0.1, 0.15) is 55.2 Å². The van der Waals surface area contributed by atoms with Crippen LogP contribution in [0.25, 0.3) is 0 Å². The summed E-state index contributed by atoms with van der Waals surface area (Å²) < 4.78 is 0. The van der Waals surface area contributed by atoms with Crippen molar-refractivity contribution >= 4 is 12.0 Å². The lowest BCUT2D eigenvalue weighted by Crippen LogP contribution is -2.49. The minimum atomic E-state index is -1.21. The third-order valence-corrected chi connectivity index (χ3v) is 7.89. The Kier molecular flexibility index (Phi) is 9.55.